The van der Waals surface area contributed by atoms with E-state index in [-0.39, 0.29) is 22.6 Å². The number of amides is 1. The second kappa shape index (κ2) is 16.5. The van der Waals surface area contributed by atoms with Crippen molar-refractivity contribution in [3.05, 3.63) is 65.2 Å². The Hall–Kier alpha value is -3.98. The molecule has 1 aromatic carbocycles. The third-order valence-electron chi connectivity index (χ3n) is 5.29. The predicted molar refractivity (Wildman–Crippen MR) is 150 cm³/mol. The summed E-state index contributed by atoms with van der Waals surface area (Å²) in [5.41, 5.74) is 1.47. The zero-order valence-electron chi connectivity index (χ0n) is 22.8. The first-order chi connectivity index (χ1) is 20.2. The number of aromatic nitrogens is 3. The monoisotopic (exact) mass is 610 g/mol. The molecule has 0 fully saturated rings. The molecule has 3 rings (SSSR count). The van der Waals surface area contributed by atoms with Gasteiger partial charge in [-0.15, -0.1) is 13.2 Å². The highest BCUT2D eigenvalue weighted by Crippen LogP contribution is 2.33. The molecule has 15 heteroatoms. The van der Waals surface area contributed by atoms with Crippen molar-refractivity contribution >= 4 is 35.1 Å². The molecule has 0 saturated carbocycles. The molecular weight excluding hydrogens is 581 g/mol. The minimum Gasteiger partial charge on any atom is -0.437 e. The van der Waals surface area contributed by atoms with Gasteiger partial charge in [0, 0.05) is 37.1 Å². The van der Waals surface area contributed by atoms with E-state index in [1.165, 1.54) is 30.7 Å². The summed E-state index contributed by atoms with van der Waals surface area (Å²) in [6, 6.07) is 6.49. The Kier molecular flexibility index (Phi) is 12.7. The minimum atomic E-state index is -4.84. The van der Waals surface area contributed by atoms with Crippen LogP contribution in [0.15, 0.2) is 54.6 Å². The third kappa shape index (κ3) is 11.1. The molecule has 1 amide bonds. The molecule has 42 heavy (non-hydrogen) atoms. The van der Waals surface area contributed by atoms with Crippen molar-refractivity contribution < 1.29 is 36.9 Å². The fourth-order valence-electron chi connectivity index (χ4n) is 3.40. The van der Waals surface area contributed by atoms with Crippen LogP contribution in [0, 0.1) is 0 Å². The molecule has 3 aromatic rings. The standard InChI is InChI=1S/C27H30ClF3N6O5/c1-32-7-6-18(25(38)34-8-9-40-11-10-39-2)12-19-15-33-17-36-24(19)37-20-13-23(28)26(35-16-20)41-21-4-3-5-22(14-21)42-27(29,30)31/h3-5,12-17,32H,6-11H2,1-2H3,(H,34,38)(H,33,36,37)/b18-12+. The van der Waals surface area contributed by atoms with Crippen molar-refractivity contribution in [3.63, 3.8) is 0 Å². The van der Waals surface area contributed by atoms with Gasteiger partial charge in [0.15, 0.2) is 0 Å². The predicted octanol–water partition coefficient (Wildman–Crippen LogP) is 4.73. The van der Waals surface area contributed by atoms with E-state index in [1.807, 2.05) is 0 Å². The van der Waals surface area contributed by atoms with Gasteiger partial charge in [-0.1, -0.05) is 17.7 Å². The van der Waals surface area contributed by atoms with Crippen LogP contribution in [-0.4, -0.2) is 74.3 Å². The molecule has 0 aliphatic carbocycles. The van der Waals surface area contributed by atoms with Gasteiger partial charge >= 0.3 is 6.36 Å². The molecule has 3 N–H and O–H groups in total. The minimum absolute atomic E-state index is 0.0357. The lowest BCUT2D eigenvalue weighted by Gasteiger charge is -2.13. The number of carbonyl (C=O) groups is 1. The summed E-state index contributed by atoms with van der Waals surface area (Å²) < 4.78 is 57.4. The van der Waals surface area contributed by atoms with Crippen LogP contribution >= 0.6 is 11.6 Å². The van der Waals surface area contributed by atoms with E-state index >= 15 is 0 Å². The Morgan fingerprint density at radius 2 is 1.88 bits per heavy atom. The normalized spacial score (nSPS) is 11.7. The first-order valence-corrected chi connectivity index (χ1v) is 13.0. The number of methoxy groups -OCH3 is 1. The van der Waals surface area contributed by atoms with Gasteiger partial charge in [-0.25, -0.2) is 15.0 Å². The van der Waals surface area contributed by atoms with Gasteiger partial charge in [0.1, 0.15) is 28.7 Å². The molecule has 0 saturated heterocycles. The fraction of sp³-hybridized carbons (Fsp3) is 0.333. The molecule has 0 aliphatic heterocycles. The topological polar surface area (TPSA) is 129 Å². The maximum Gasteiger partial charge on any atom is 0.573 e. The summed E-state index contributed by atoms with van der Waals surface area (Å²) in [6.45, 7) is 2.13. The van der Waals surface area contributed by atoms with Gasteiger partial charge < -0.3 is 34.9 Å². The average molecular weight is 611 g/mol. The Morgan fingerprint density at radius 1 is 1.07 bits per heavy atom. The van der Waals surface area contributed by atoms with E-state index in [0.717, 1.165) is 12.1 Å². The number of halogens is 4. The molecule has 0 atom stereocenters. The van der Waals surface area contributed by atoms with Crippen LogP contribution in [0.2, 0.25) is 5.02 Å². The maximum absolute atomic E-state index is 12.9. The summed E-state index contributed by atoms with van der Waals surface area (Å²) in [6.07, 6.45) is 1.59. The van der Waals surface area contributed by atoms with Gasteiger partial charge in [0.05, 0.1) is 31.7 Å². The van der Waals surface area contributed by atoms with Gasteiger partial charge in [0.25, 0.3) is 0 Å². The maximum atomic E-state index is 12.9. The number of nitrogens with zero attached hydrogens (tertiary/aromatic N) is 3. The molecule has 0 unspecified atom stereocenters. The largest absolute Gasteiger partial charge is 0.573 e. The third-order valence-corrected chi connectivity index (χ3v) is 5.56. The first kappa shape index (κ1) is 32.5. The number of ether oxygens (including phenoxy) is 4. The van der Waals surface area contributed by atoms with E-state index in [4.69, 9.17) is 25.8 Å². The zero-order valence-corrected chi connectivity index (χ0v) is 23.6. The number of hydrogen-bond donors (Lipinski definition) is 3. The van der Waals surface area contributed by atoms with Crippen LogP contribution in [0.3, 0.4) is 0 Å². The smallest absolute Gasteiger partial charge is 0.437 e. The number of anilines is 2. The van der Waals surface area contributed by atoms with Crippen LogP contribution in [0.5, 0.6) is 17.4 Å². The second-order valence-corrected chi connectivity index (χ2v) is 8.88. The quantitative estimate of drug-likeness (QED) is 0.155. The fourth-order valence-corrected chi connectivity index (χ4v) is 3.60. The summed E-state index contributed by atoms with van der Waals surface area (Å²) in [5, 5.41) is 9.03. The number of rotatable bonds is 16. The SMILES string of the molecule is CNCC/C(=C\c1cncnc1Nc1cnc(Oc2cccc(OC(F)(F)F)c2)c(Cl)c1)C(=O)NCCOCCOC. The van der Waals surface area contributed by atoms with Crippen LogP contribution < -0.4 is 25.4 Å². The van der Waals surface area contributed by atoms with Crippen LogP contribution in [0.25, 0.3) is 6.08 Å². The van der Waals surface area contributed by atoms with Crippen LogP contribution in [-0.2, 0) is 14.3 Å². The number of nitrogens with one attached hydrogen (secondary N) is 3. The van der Waals surface area contributed by atoms with Crippen molar-refractivity contribution in [1.82, 2.24) is 25.6 Å². The van der Waals surface area contributed by atoms with Crippen molar-refractivity contribution in [1.29, 1.82) is 0 Å². The van der Waals surface area contributed by atoms with E-state index in [9.17, 15) is 18.0 Å². The molecule has 2 aromatic heterocycles. The average Bonchev–Trinajstić information content (AvgIpc) is 2.94. The van der Waals surface area contributed by atoms with Crippen LogP contribution in [0.1, 0.15) is 12.0 Å². The highest BCUT2D eigenvalue weighted by Gasteiger charge is 2.31. The second-order valence-electron chi connectivity index (χ2n) is 8.47. The van der Waals surface area contributed by atoms with Crippen molar-refractivity contribution in [2.75, 3.05) is 52.4 Å². The molecule has 0 bridgehead atoms. The van der Waals surface area contributed by atoms with Gasteiger partial charge in [-0.2, -0.15) is 0 Å². The first-order valence-electron chi connectivity index (χ1n) is 12.6. The highest BCUT2D eigenvalue weighted by molar-refractivity contribution is 6.32. The molecule has 0 radical (unpaired) electrons. The van der Waals surface area contributed by atoms with E-state index in [2.05, 4.69) is 35.6 Å². The zero-order chi connectivity index (χ0) is 30.4. The van der Waals surface area contributed by atoms with Gasteiger partial charge in [0.2, 0.25) is 11.8 Å². The summed E-state index contributed by atoms with van der Waals surface area (Å²) in [7, 11) is 3.37. The van der Waals surface area contributed by atoms with Gasteiger partial charge in [-0.05, 0) is 44.3 Å². The van der Waals surface area contributed by atoms with E-state index in [1.54, 1.807) is 26.4 Å². The molecule has 226 valence electrons. The lowest BCUT2D eigenvalue weighted by molar-refractivity contribution is -0.274. The van der Waals surface area contributed by atoms with Crippen molar-refractivity contribution in [3.8, 4) is 17.4 Å². The summed E-state index contributed by atoms with van der Waals surface area (Å²) >= 11 is 6.34. The Bertz CT molecular complexity index is 1350. The van der Waals surface area contributed by atoms with E-state index in [0.29, 0.717) is 62.0 Å². The van der Waals surface area contributed by atoms with Crippen molar-refractivity contribution in [2.45, 2.75) is 12.8 Å². The Morgan fingerprint density at radius 3 is 2.62 bits per heavy atom. The Balaban J connectivity index is 1.72. The molecule has 0 aliphatic rings. The van der Waals surface area contributed by atoms with Gasteiger partial charge in [-0.3, -0.25) is 4.79 Å². The number of pyridine rings is 1. The van der Waals surface area contributed by atoms with E-state index < -0.39 is 12.1 Å². The molecule has 2 heterocycles. The number of alkyl halides is 3. The number of hydrogen-bond acceptors (Lipinski definition) is 10. The molecular formula is C27H30ClF3N6O5. The lowest BCUT2D eigenvalue weighted by Crippen LogP contribution is -2.30. The highest BCUT2D eigenvalue weighted by atomic mass is 35.5. The lowest BCUT2D eigenvalue weighted by atomic mass is 10.1. The number of benzene rings is 1. The van der Waals surface area contributed by atoms with Crippen LogP contribution in [0.4, 0.5) is 24.7 Å². The molecule has 0 spiro atoms. The number of carbonyl (C=O) groups excluding carboxylic acids is 1. The Labute approximate surface area is 245 Å². The molecule has 11 nitrogen and oxygen atoms in total. The summed E-state index contributed by atoms with van der Waals surface area (Å²) in [5.74, 6) is -0.315. The summed E-state index contributed by atoms with van der Waals surface area (Å²) in [4.78, 5) is 25.4. The van der Waals surface area contributed by atoms with Crippen molar-refractivity contribution in [2.24, 2.45) is 0 Å².